The van der Waals surface area contributed by atoms with Gasteiger partial charge in [-0.15, -0.1) is 0 Å². The van der Waals surface area contributed by atoms with E-state index in [-0.39, 0.29) is 0 Å². The molecular weight excluding hydrogens is 148 g/mol. The maximum absolute atomic E-state index is 3.44. The zero-order chi connectivity index (χ0) is 8.39. The van der Waals surface area contributed by atoms with Crippen LogP contribution in [0.25, 0.3) is 0 Å². The molecule has 2 aliphatic heterocycles. The van der Waals surface area contributed by atoms with E-state index in [1.165, 1.54) is 45.4 Å². The lowest BCUT2D eigenvalue weighted by molar-refractivity contribution is 0.358. The Balaban J connectivity index is 1.72. The van der Waals surface area contributed by atoms with Crippen molar-refractivity contribution >= 4 is 0 Å². The average Bonchev–Trinajstić information content (AvgIpc) is 2.63. The number of hydrogen-bond acceptors (Lipinski definition) is 2. The second-order valence-corrected chi connectivity index (χ2v) is 4.51. The summed E-state index contributed by atoms with van der Waals surface area (Å²) in [4.78, 5) is 2.47. The summed E-state index contributed by atoms with van der Waals surface area (Å²) in [5, 5.41) is 3.44. The maximum Gasteiger partial charge on any atom is 0.000719 e. The second kappa shape index (κ2) is 3.75. The molecule has 12 heavy (non-hydrogen) atoms. The summed E-state index contributed by atoms with van der Waals surface area (Å²) in [7, 11) is 2.24. The van der Waals surface area contributed by atoms with E-state index in [2.05, 4.69) is 17.3 Å². The smallest absolute Gasteiger partial charge is 0.000719 e. The molecule has 2 heterocycles. The van der Waals surface area contributed by atoms with Gasteiger partial charge in [0, 0.05) is 6.54 Å². The van der Waals surface area contributed by atoms with E-state index in [1.54, 1.807) is 0 Å². The first-order chi connectivity index (χ1) is 5.84. The minimum absolute atomic E-state index is 0.987. The molecule has 0 saturated carbocycles. The van der Waals surface area contributed by atoms with Crippen molar-refractivity contribution in [3.8, 4) is 0 Å². The third-order valence-electron chi connectivity index (χ3n) is 3.32. The van der Waals surface area contributed by atoms with Gasteiger partial charge in [0.1, 0.15) is 0 Å². The monoisotopic (exact) mass is 168 g/mol. The van der Waals surface area contributed by atoms with E-state index in [4.69, 9.17) is 0 Å². The third-order valence-corrected chi connectivity index (χ3v) is 3.32. The van der Waals surface area contributed by atoms with Crippen LogP contribution < -0.4 is 5.32 Å². The van der Waals surface area contributed by atoms with Crippen LogP contribution in [0, 0.1) is 11.8 Å². The fourth-order valence-corrected chi connectivity index (χ4v) is 2.61. The van der Waals surface area contributed by atoms with Crippen molar-refractivity contribution in [3.05, 3.63) is 0 Å². The van der Waals surface area contributed by atoms with E-state index in [0.29, 0.717) is 0 Å². The maximum atomic E-state index is 3.44. The number of rotatable bonds is 2. The van der Waals surface area contributed by atoms with Gasteiger partial charge in [-0.25, -0.2) is 0 Å². The summed E-state index contributed by atoms with van der Waals surface area (Å²) in [6, 6.07) is 0. The Labute approximate surface area is 75.3 Å². The Morgan fingerprint density at radius 3 is 2.83 bits per heavy atom. The highest BCUT2D eigenvalue weighted by atomic mass is 15.1. The van der Waals surface area contributed by atoms with Gasteiger partial charge in [0.25, 0.3) is 0 Å². The molecule has 2 atom stereocenters. The predicted octanol–water partition coefficient (Wildman–Crippen LogP) is 0.938. The largest absolute Gasteiger partial charge is 0.316 e. The van der Waals surface area contributed by atoms with Crippen LogP contribution in [0.2, 0.25) is 0 Å². The zero-order valence-corrected chi connectivity index (χ0v) is 8.05. The van der Waals surface area contributed by atoms with Crippen molar-refractivity contribution in [2.24, 2.45) is 11.8 Å². The molecule has 0 bridgehead atoms. The first-order valence-electron chi connectivity index (χ1n) is 5.24. The summed E-state index contributed by atoms with van der Waals surface area (Å²) < 4.78 is 0. The van der Waals surface area contributed by atoms with Gasteiger partial charge >= 0.3 is 0 Å². The molecule has 0 radical (unpaired) electrons. The highest BCUT2D eigenvalue weighted by Crippen LogP contribution is 2.25. The van der Waals surface area contributed by atoms with E-state index in [0.717, 1.165) is 11.8 Å². The van der Waals surface area contributed by atoms with Crippen molar-refractivity contribution in [2.45, 2.75) is 19.3 Å². The summed E-state index contributed by atoms with van der Waals surface area (Å²) >= 11 is 0. The van der Waals surface area contributed by atoms with Crippen LogP contribution in [0.15, 0.2) is 0 Å². The first-order valence-corrected chi connectivity index (χ1v) is 5.24. The molecule has 2 heteroatoms. The minimum atomic E-state index is 0.987. The quantitative estimate of drug-likeness (QED) is 0.660. The minimum Gasteiger partial charge on any atom is -0.316 e. The van der Waals surface area contributed by atoms with Gasteiger partial charge in [0.2, 0.25) is 0 Å². The number of hydrogen-bond donors (Lipinski definition) is 1. The summed E-state index contributed by atoms with van der Waals surface area (Å²) in [5.41, 5.74) is 0. The summed E-state index contributed by atoms with van der Waals surface area (Å²) in [6.45, 7) is 5.20. The van der Waals surface area contributed by atoms with Crippen molar-refractivity contribution in [1.82, 2.24) is 10.2 Å². The molecule has 2 fully saturated rings. The van der Waals surface area contributed by atoms with Gasteiger partial charge in [-0.1, -0.05) is 0 Å². The fourth-order valence-electron chi connectivity index (χ4n) is 2.61. The molecule has 2 unspecified atom stereocenters. The summed E-state index contributed by atoms with van der Waals surface area (Å²) in [6.07, 6.45) is 4.32. The van der Waals surface area contributed by atoms with Gasteiger partial charge < -0.3 is 10.2 Å². The Morgan fingerprint density at radius 1 is 1.33 bits per heavy atom. The van der Waals surface area contributed by atoms with Crippen molar-refractivity contribution in [3.63, 3.8) is 0 Å². The predicted molar refractivity (Wildman–Crippen MR) is 51.2 cm³/mol. The Hall–Kier alpha value is -0.0800. The summed E-state index contributed by atoms with van der Waals surface area (Å²) in [5.74, 6) is 1.99. The molecule has 2 aliphatic rings. The lowest BCUT2D eigenvalue weighted by Crippen LogP contribution is -2.17. The van der Waals surface area contributed by atoms with E-state index < -0.39 is 0 Å². The van der Waals surface area contributed by atoms with Crippen LogP contribution in [0.4, 0.5) is 0 Å². The first kappa shape index (κ1) is 8.52. The molecule has 70 valence electrons. The van der Waals surface area contributed by atoms with Gasteiger partial charge in [0.05, 0.1) is 0 Å². The van der Waals surface area contributed by atoms with E-state index in [9.17, 15) is 0 Å². The molecule has 0 amide bonds. The zero-order valence-electron chi connectivity index (χ0n) is 8.05. The Bertz CT molecular complexity index is 141. The van der Waals surface area contributed by atoms with Gasteiger partial charge in [-0.3, -0.25) is 0 Å². The third kappa shape index (κ3) is 1.99. The normalized spacial score (nSPS) is 37.8. The molecule has 0 aliphatic carbocycles. The van der Waals surface area contributed by atoms with Gasteiger partial charge in [-0.05, 0) is 57.8 Å². The fraction of sp³-hybridized carbons (Fsp3) is 1.00. The lowest BCUT2D eigenvalue weighted by atomic mass is 9.93. The average molecular weight is 168 g/mol. The number of nitrogens with one attached hydrogen (secondary N) is 1. The van der Waals surface area contributed by atoms with Crippen molar-refractivity contribution in [2.75, 3.05) is 33.2 Å². The molecule has 0 aromatic carbocycles. The standard InChI is InChI=1S/C10H20N2/c1-12-5-3-10(8-12)6-9-2-4-11-7-9/h9-11H,2-8H2,1H3. The second-order valence-electron chi connectivity index (χ2n) is 4.51. The molecule has 1 N–H and O–H groups in total. The molecular formula is C10H20N2. The molecule has 0 aromatic heterocycles. The van der Waals surface area contributed by atoms with E-state index >= 15 is 0 Å². The van der Waals surface area contributed by atoms with E-state index in [1.807, 2.05) is 0 Å². The van der Waals surface area contributed by atoms with Crippen molar-refractivity contribution in [1.29, 1.82) is 0 Å². The van der Waals surface area contributed by atoms with Crippen LogP contribution in [0.5, 0.6) is 0 Å². The Morgan fingerprint density at radius 2 is 2.25 bits per heavy atom. The number of nitrogens with zero attached hydrogens (tertiary/aromatic N) is 1. The molecule has 2 rings (SSSR count). The molecule has 0 spiro atoms. The molecule has 0 aromatic rings. The van der Waals surface area contributed by atoms with Gasteiger partial charge in [-0.2, -0.15) is 0 Å². The highest BCUT2D eigenvalue weighted by molar-refractivity contribution is 4.79. The lowest BCUT2D eigenvalue weighted by Gasteiger charge is -2.14. The van der Waals surface area contributed by atoms with Crippen LogP contribution >= 0.6 is 0 Å². The molecule has 2 saturated heterocycles. The topological polar surface area (TPSA) is 15.3 Å². The molecule has 2 nitrogen and oxygen atoms in total. The number of likely N-dealkylation sites (tertiary alicyclic amines) is 1. The Kier molecular flexibility index (Phi) is 2.66. The SMILES string of the molecule is CN1CCC(CC2CCNC2)C1. The van der Waals surface area contributed by atoms with Crippen LogP contribution in [0.3, 0.4) is 0 Å². The highest BCUT2D eigenvalue weighted by Gasteiger charge is 2.24. The van der Waals surface area contributed by atoms with Crippen LogP contribution in [-0.2, 0) is 0 Å². The van der Waals surface area contributed by atoms with Crippen LogP contribution in [0.1, 0.15) is 19.3 Å². The van der Waals surface area contributed by atoms with Crippen LogP contribution in [-0.4, -0.2) is 38.1 Å². The van der Waals surface area contributed by atoms with Gasteiger partial charge in [0.15, 0.2) is 0 Å². The van der Waals surface area contributed by atoms with Crippen molar-refractivity contribution < 1.29 is 0 Å².